The lowest BCUT2D eigenvalue weighted by Crippen LogP contribution is -2.14. The van der Waals surface area contributed by atoms with Crippen LogP contribution < -0.4 is 4.74 Å². The Bertz CT molecular complexity index is 622. The molecule has 0 saturated carbocycles. The van der Waals surface area contributed by atoms with Crippen LogP contribution in [0.3, 0.4) is 0 Å². The zero-order chi connectivity index (χ0) is 17.2. The summed E-state index contributed by atoms with van der Waals surface area (Å²) >= 11 is 0. The number of unbranched alkanes of at least 4 members (excludes halogenated alkanes) is 1. The summed E-state index contributed by atoms with van der Waals surface area (Å²) < 4.78 is 11.4. The Balaban J connectivity index is 2.01. The summed E-state index contributed by atoms with van der Waals surface area (Å²) in [6, 6.07) is 16.7. The lowest BCUT2D eigenvalue weighted by Gasteiger charge is -2.15. The average Bonchev–Trinajstić information content (AvgIpc) is 2.63. The monoisotopic (exact) mass is 326 g/mol. The van der Waals surface area contributed by atoms with Crippen LogP contribution in [0.5, 0.6) is 11.5 Å². The number of benzene rings is 2. The van der Waals surface area contributed by atoms with E-state index in [0.29, 0.717) is 29.6 Å². The van der Waals surface area contributed by atoms with E-state index in [2.05, 4.69) is 13.8 Å². The van der Waals surface area contributed by atoms with Gasteiger partial charge in [0.1, 0.15) is 17.1 Å². The molecule has 1 atom stereocenters. The van der Waals surface area contributed by atoms with Crippen molar-refractivity contribution >= 4 is 5.97 Å². The van der Waals surface area contributed by atoms with Crippen LogP contribution in [0.25, 0.3) is 0 Å². The fourth-order valence-corrected chi connectivity index (χ4v) is 2.51. The Morgan fingerprint density at radius 2 is 1.71 bits per heavy atom. The quantitative estimate of drug-likeness (QED) is 0.542. The second-order valence-electron chi connectivity index (χ2n) is 5.93. The maximum Gasteiger partial charge on any atom is 0.341 e. The van der Waals surface area contributed by atoms with Crippen LogP contribution >= 0.6 is 0 Å². The van der Waals surface area contributed by atoms with E-state index < -0.39 is 0 Å². The second-order valence-corrected chi connectivity index (χ2v) is 5.93. The Labute approximate surface area is 144 Å². The molecule has 128 valence electrons. The van der Waals surface area contributed by atoms with Crippen molar-refractivity contribution in [1.29, 1.82) is 0 Å². The molecule has 0 bridgehead atoms. The lowest BCUT2D eigenvalue weighted by molar-refractivity contribution is 0.0425. The molecule has 0 aliphatic carbocycles. The van der Waals surface area contributed by atoms with Gasteiger partial charge in [-0.2, -0.15) is 0 Å². The Kier molecular flexibility index (Phi) is 7.34. The van der Waals surface area contributed by atoms with Gasteiger partial charge in [-0.1, -0.05) is 63.4 Å². The molecule has 0 aliphatic rings. The van der Waals surface area contributed by atoms with Gasteiger partial charge in [0.15, 0.2) is 0 Å². The van der Waals surface area contributed by atoms with E-state index in [-0.39, 0.29) is 5.97 Å². The first kappa shape index (κ1) is 18.1. The van der Waals surface area contributed by atoms with Gasteiger partial charge < -0.3 is 9.47 Å². The predicted molar refractivity (Wildman–Crippen MR) is 96.5 cm³/mol. The molecule has 0 amide bonds. The first-order valence-corrected chi connectivity index (χ1v) is 8.73. The molecule has 0 fully saturated rings. The van der Waals surface area contributed by atoms with Gasteiger partial charge in [0.2, 0.25) is 0 Å². The summed E-state index contributed by atoms with van der Waals surface area (Å²) in [6.45, 7) is 4.78. The summed E-state index contributed by atoms with van der Waals surface area (Å²) in [7, 11) is 0. The molecule has 2 aromatic carbocycles. The van der Waals surface area contributed by atoms with E-state index in [1.807, 2.05) is 42.5 Å². The number of ether oxygens (including phenoxy) is 2. The van der Waals surface area contributed by atoms with E-state index in [0.717, 1.165) is 19.3 Å². The zero-order valence-corrected chi connectivity index (χ0v) is 14.5. The molecule has 24 heavy (non-hydrogen) atoms. The van der Waals surface area contributed by atoms with Gasteiger partial charge in [0.05, 0.1) is 6.61 Å². The van der Waals surface area contributed by atoms with Gasteiger partial charge in [-0.05, 0) is 36.6 Å². The molecule has 2 aromatic rings. The van der Waals surface area contributed by atoms with E-state index in [9.17, 15) is 4.79 Å². The molecule has 0 saturated heterocycles. The number of esters is 1. The lowest BCUT2D eigenvalue weighted by atomic mass is 10.0. The molecular weight excluding hydrogens is 300 g/mol. The standard InChI is InChI=1S/C21H26O3/c1-3-5-11-17(4-2)16-23-21(22)19-14-9-10-15-20(19)24-18-12-7-6-8-13-18/h6-10,12-15,17H,3-5,11,16H2,1-2H3. The van der Waals surface area contributed by atoms with Gasteiger partial charge in [-0.25, -0.2) is 4.79 Å². The van der Waals surface area contributed by atoms with Gasteiger partial charge >= 0.3 is 5.97 Å². The molecular formula is C21H26O3. The molecule has 0 spiro atoms. The van der Waals surface area contributed by atoms with Crippen LogP contribution in [0.15, 0.2) is 54.6 Å². The molecule has 0 N–H and O–H groups in total. The van der Waals surface area contributed by atoms with E-state index in [4.69, 9.17) is 9.47 Å². The van der Waals surface area contributed by atoms with Crippen LogP contribution in [-0.2, 0) is 4.74 Å². The van der Waals surface area contributed by atoms with Crippen molar-refractivity contribution < 1.29 is 14.3 Å². The number of carbonyl (C=O) groups excluding carboxylic acids is 1. The van der Waals surface area contributed by atoms with Crippen molar-refractivity contribution in [3.8, 4) is 11.5 Å². The molecule has 1 unspecified atom stereocenters. The normalized spacial score (nSPS) is 11.8. The first-order chi connectivity index (χ1) is 11.7. The summed E-state index contributed by atoms with van der Waals surface area (Å²) in [5.41, 5.74) is 0.465. The number of hydrogen-bond acceptors (Lipinski definition) is 3. The Hall–Kier alpha value is -2.29. The average molecular weight is 326 g/mol. The minimum Gasteiger partial charge on any atom is -0.462 e. The largest absolute Gasteiger partial charge is 0.462 e. The Morgan fingerprint density at radius 1 is 1.00 bits per heavy atom. The third-order valence-corrected chi connectivity index (χ3v) is 4.07. The molecule has 3 nitrogen and oxygen atoms in total. The van der Waals surface area contributed by atoms with Gasteiger partial charge in [0.25, 0.3) is 0 Å². The van der Waals surface area contributed by atoms with Crippen LogP contribution in [0.4, 0.5) is 0 Å². The second kappa shape index (κ2) is 9.76. The molecule has 0 aliphatic heterocycles. The van der Waals surface area contributed by atoms with E-state index >= 15 is 0 Å². The van der Waals surface area contributed by atoms with E-state index in [1.165, 1.54) is 6.42 Å². The molecule has 0 aromatic heterocycles. The first-order valence-electron chi connectivity index (χ1n) is 8.73. The van der Waals surface area contributed by atoms with Gasteiger partial charge in [-0.15, -0.1) is 0 Å². The topological polar surface area (TPSA) is 35.5 Å². The van der Waals surface area contributed by atoms with Crippen molar-refractivity contribution in [1.82, 2.24) is 0 Å². The molecule has 0 radical (unpaired) electrons. The zero-order valence-electron chi connectivity index (χ0n) is 14.5. The smallest absolute Gasteiger partial charge is 0.341 e. The molecule has 2 rings (SSSR count). The van der Waals surface area contributed by atoms with Crippen molar-refractivity contribution in [3.63, 3.8) is 0 Å². The predicted octanol–water partition coefficient (Wildman–Crippen LogP) is 5.85. The fourth-order valence-electron chi connectivity index (χ4n) is 2.51. The maximum atomic E-state index is 12.4. The fraction of sp³-hybridized carbons (Fsp3) is 0.381. The van der Waals surface area contributed by atoms with Crippen molar-refractivity contribution in [3.05, 3.63) is 60.2 Å². The SMILES string of the molecule is CCCCC(CC)COC(=O)c1ccccc1Oc1ccccc1. The third-order valence-electron chi connectivity index (χ3n) is 4.07. The summed E-state index contributed by atoms with van der Waals surface area (Å²) in [5.74, 6) is 1.33. The summed E-state index contributed by atoms with van der Waals surface area (Å²) in [5, 5.41) is 0. The number of rotatable bonds is 9. The highest BCUT2D eigenvalue weighted by atomic mass is 16.5. The third kappa shape index (κ3) is 5.41. The number of carbonyl (C=O) groups is 1. The van der Waals surface area contributed by atoms with Crippen LogP contribution in [0.1, 0.15) is 49.9 Å². The van der Waals surface area contributed by atoms with Crippen LogP contribution in [-0.4, -0.2) is 12.6 Å². The maximum absolute atomic E-state index is 12.4. The van der Waals surface area contributed by atoms with Crippen molar-refractivity contribution in [2.24, 2.45) is 5.92 Å². The summed E-state index contributed by atoms with van der Waals surface area (Å²) in [6.07, 6.45) is 4.46. The highest BCUT2D eigenvalue weighted by Gasteiger charge is 2.16. The molecule has 0 heterocycles. The summed E-state index contributed by atoms with van der Waals surface area (Å²) in [4.78, 5) is 12.4. The van der Waals surface area contributed by atoms with E-state index in [1.54, 1.807) is 12.1 Å². The van der Waals surface area contributed by atoms with Gasteiger partial charge in [0, 0.05) is 0 Å². The van der Waals surface area contributed by atoms with Gasteiger partial charge in [-0.3, -0.25) is 0 Å². The number of para-hydroxylation sites is 2. The molecule has 3 heteroatoms. The van der Waals surface area contributed by atoms with Crippen molar-refractivity contribution in [2.45, 2.75) is 39.5 Å². The highest BCUT2D eigenvalue weighted by Crippen LogP contribution is 2.26. The van der Waals surface area contributed by atoms with Crippen LogP contribution in [0.2, 0.25) is 0 Å². The number of hydrogen-bond donors (Lipinski definition) is 0. The Morgan fingerprint density at radius 3 is 2.42 bits per heavy atom. The highest BCUT2D eigenvalue weighted by molar-refractivity contribution is 5.92. The minimum absolute atomic E-state index is 0.323. The van der Waals surface area contributed by atoms with Crippen molar-refractivity contribution in [2.75, 3.05) is 6.61 Å². The van der Waals surface area contributed by atoms with Crippen LogP contribution in [0, 0.1) is 5.92 Å². The minimum atomic E-state index is -0.323.